The first-order chi connectivity index (χ1) is 19.4. The van der Waals surface area contributed by atoms with E-state index in [9.17, 15) is 17.6 Å². The van der Waals surface area contributed by atoms with E-state index in [-0.39, 0.29) is 0 Å². The lowest BCUT2D eigenvalue weighted by Crippen LogP contribution is -2.02. The van der Waals surface area contributed by atoms with Gasteiger partial charge in [0, 0.05) is 21.5 Å². The summed E-state index contributed by atoms with van der Waals surface area (Å²) in [6.45, 7) is 0. The van der Waals surface area contributed by atoms with Crippen LogP contribution in [0.5, 0.6) is 0 Å². The summed E-state index contributed by atoms with van der Waals surface area (Å²) in [5.41, 5.74) is 3.80. The minimum atomic E-state index is -1.35. The lowest BCUT2D eigenvalue weighted by atomic mass is 10.1. The van der Waals surface area contributed by atoms with Gasteiger partial charge in [0.2, 0.25) is 0 Å². The normalized spacial score (nSPS) is 10.8. The zero-order chi connectivity index (χ0) is 28.2. The van der Waals surface area contributed by atoms with Crippen LogP contribution in [0.3, 0.4) is 0 Å². The van der Waals surface area contributed by atoms with Crippen molar-refractivity contribution in [2.24, 2.45) is 0 Å². The highest BCUT2D eigenvalue weighted by Gasteiger charge is 2.21. The Bertz CT molecular complexity index is 1680. The first-order valence-electron chi connectivity index (χ1n) is 11.7. The Kier molecular flexibility index (Phi) is 8.64. The zero-order valence-corrected chi connectivity index (χ0v) is 24.6. The largest absolute Gasteiger partial charge is 0.202 e. The fourth-order valence-electron chi connectivity index (χ4n) is 3.95. The first-order valence-corrected chi connectivity index (χ1v) is 13.9. The number of hydrogen-bond donors (Lipinski definition) is 0. The maximum Gasteiger partial charge on any atom is 0.176 e. The highest BCUT2D eigenvalue weighted by molar-refractivity contribution is 14.1. The van der Waals surface area contributed by atoms with Crippen LogP contribution in [0.2, 0.25) is 0 Å². The molecule has 0 amide bonds. The molecule has 7 aromatic rings. The van der Waals surface area contributed by atoms with Crippen LogP contribution in [0.1, 0.15) is 0 Å². The summed E-state index contributed by atoms with van der Waals surface area (Å²) in [6.07, 6.45) is 0. The van der Waals surface area contributed by atoms with Crippen LogP contribution in [-0.2, 0) is 0 Å². The van der Waals surface area contributed by atoms with Crippen molar-refractivity contribution in [1.29, 1.82) is 0 Å². The average molecular weight is 762 g/mol. The molecule has 2 aromatic heterocycles. The van der Waals surface area contributed by atoms with Gasteiger partial charge in [0.05, 0.1) is 29.2 Å². The van der Waals surface area contributed by atoms with E-state index in [2.05, 4.69) is 44.7 Å². The Hall–Kier alpha value is -3.52. The maximum absolute atomic E-state index is 12.6. The van der Waals surface area contributed by atoms with Crippen molar-refractivity contribution in [2.75, 3.05) is 0 Å². The number of nitrogens with zero attached hydrogens (tertiary/aromatic N) is 4. The molecule has 40 heavy (non-hydrogen) atoms. The molecule has 0 saturated carbocycles. The third-order valence-electron chi connectivity index (χ3n) is 5.88. The maximum atomic E-state index is 12.6. The number of aromatic nitrogens is 4. The second-order valence-corrected chi connectivity index (χ2v) is 10.5. The van der Waals surface area contributed by atoms with Crippen molar-refractivity contribution in [1.82, 2.24) is 20.4 Å². The van der Waals surface area contributed by atoms with Crippen molar-refractivity contribution >= 4 is 88.8 Å². The molecule has 0 unspecified atom stereocenters. The highest BCUT2D eigenvalue weighted by atomic mass is 127. The molecular weight excluding hydrogens is 746 g/mol. The Morgan fingerprint density at radius 2 is 0.550 bits per heavy atom. The van der Waals surface area contributed by atoms with Crippen molar-refractivity contribution < 1.29 is 17.6 Å². The molecule has 10 heteroatoms. The molecule has 0 saturated heterocycles. The molecule has 198 valence electrons. The van der Waals surface area contributed by atoms with Crippen LogP contribution in [0.25, 0.3) is 43.6 Å². The summed E-state index contributed by atoms with van der Waals surface area (Å²) in [6, 6.07) is 32.2. The van der Waals surface area contributed by atoms with Gasteiger partial charge in [0.1, 0.15) is 0 Å². The smallest absolute Gasteiger partial charge is 0.176 e. The van der Waals surface area contributed by atoms with E-state index < -0.39 is 30.4 Å². The number of rotatable bonds is 0. The molecule has 0 aliphatic carbocycles. The Morgan fingerprint density at radius 1 is 0.350 bits per heavy atom. The number of halogens is 6. The van der Waals surface area contributed by atoms with Gasteiger partial charge in [-0.1, -0.05) is 72.8 Å². The number of benzene rings is 5. The van der Waals surface area contributed by atoms with Gasteiger partial charge in [-0.3, -0.25) is 0 Å². The summed E-state index contributed by atoms with van der Waals surface area (Å²) in [4.78, 5) is 0. The van der Waals surface area contributed by atoms with Gasteiger partial charge in [-0.25, -0.2) is 17.6 Å². The standard InChI is InChI=1S/2C12H8N2.C6F4I2/c2*1-3-7-11-9(5-1)10-6-2-4-8-12(10)14-13-11;7-1-2(8)6(12)4(10)3(9)5(1)11/h2*1-8H;. The van der Waals surface area contributed by atoms with Gasteiger partial charge in [0.25, 0.3) is 0 Å². The van der Waals surface area contributed by atoms with E-state index in [0.717, 1.165) is 43.6 Å². The predicted molar refractivity (Wildman–Crippen MR) is 166 cm³/mol. The average Bonchev–Trinajstić information content (AvgIpc) is 3.02. The Morgan fingerprint density at radius 3 is 0.775 bits per heavy atom. The molecule has 5 aromatic carbocycles. The van der Waals surface area contributed by atoms with Gasteiger partial charge in [-0.2, -0.15) is 0 Å². The SMILES string of the molecule is Fc1c(F)c(I)c(F)c(F)c1I.c1ccc2c(c1)nnc1ccccc12.c1ccc2c(c1)nnc1ccccc12. The molecule has 2 heterocycles. The fourth-order valence-corrected chi connectivity index (χ4v) is 4.90. The minimum absolute atomic E-state index is 0.664. The highest BCUT2D eigenvalue weighted by Crippen LogP contribution is 2.26. The van der Waals surface area contributed by atoms with E-state index in [1.54, 1.807) is 0 Å². The van der Waals surface area contributed by atoms with E-state index in [4.69, 9.17) is 0 Å². The van der Waals surface area contributed by atoms with E-state index in [0.29, 0.717) is 0 Å². The second-order valence-electron chi connectivity index (χ2n) is 8.35. The van der Waals surface area contributed by atoms with Crippen LogP contribution >= 0.6 is 45.2 Å². The van der Waals surface area contributed by atoms with Gasteiger partial charge < -0.3 is 0 Å². The summed E-state index contributed by atoms with van der Waals surface area (Å²) in [7, 11) is 0. The van der Waals surface area contributed by atoms with E-state index in [1.165, 1.54) is 45.2 Å². The Labute approximate surface area is 252 Å². The molecule has 0 aliphatic heterocycles. The van der Waals surface area contributed by atoms with Crippen molar-refractivity contribution in [2.45, 2.75) is 0 Å². The van der Waals surface area contributed by atoms with Crippen LogP contribution in [-0.4, -0.2) is 20.4 Å². The van der Waals surface area contributed by atoms with Crippen LogP contribution in [0, 0.1) is 30.4 Å². The van der Waals surface area contributed by atoms with Crippen molar-refractivity contribution in [3.63, 3.8) is 0 Å². The molecule has 4 nitrogen and oxygen atoms in total. The summed E-state index contributed by atoms with van der Waals surface area (Å²) in [5, 5.41) is 21.3. The third kappa shape index (κ3) is 5.68. The van der Waals surface area contributed by atoms with Gasteiger partial charge >= 0.3 is 0 Å². The molecule has 0 fully saturated rings. The molecule has 0 radical (unpaired) electrons. The van der Waals surface area contributed by atoms with Crippen molar-refractivity contribution in [3.05, 3.63) is 127 Å². The van der Waals surface area contributed by atoms with Gasteiger partial charge in [-0.05, 0) is 69.4 Å². The minimum Gasteiger partial charge on any atom is -0.202 e. The lowest BCUT2D eigenvalue weighted by Gasteiger charge is -2.02. The molecule has 0 N–H and O–H groups in total. The topological polar surface area (TPSA) is 51.6 Å². The summed E-state index contributed by atoms with van der Waals surface area (Å²) < 4.78 is 49.2. The van der Waals surface area contributed by atoms with E-state index in [1.807, 2.05) is 72.8 Å². The van der Waals surface area contributed by atoms with Crippen LogP contribution in [0.15, 0.2) is 97.1 Å². The number of hydrogen-bond acceptors (Lipinski definition) is 4. The number of fused-ring (bicyclic) bond motifs is 6. The summed E-state index contributed by atoms with van der Waals surface area (Å²) in [5.74, 6) is -5.39. The van der Waals surface area contributed by atoms with Crippen LogP contribution < -0.4 is 0 Å². The first kappa shape index (κ1) is 28.0. The van der Waals surface area contributed by atoms with Gasteiger partial charge in [0.15, 0.2) is 23.3 Å². The predicted octanol–water partition coefficient (Wildman–Crippen LogP) is 9.02. The molecule has 0 atom stereocenters. The summed E-state index contributed by atoms with van der Waals surface area (Å²) >= 11 is 2.41. The Balaban J connectivity index is 0.000000122. The van der Waals surface area contributed by atoms with Gasteiger partial charge in [-0.15, -0.1) is 20.4 Å². The molecular formula is C30H16F4I2N4. The van der Waals surface area contributed by atoms with Crippen molar-refractivity contribution in [3.8, 4) is 0 Å². The zero-order valence-electron chi connectivity index (χ0n) is 20.3. The molecule has 0 spiro atoms. The quantitative estimate of drug-likeness (QED) is 0.0509. The second kappa shape index (κ2) is 12.3. The molecule has 0 bridgehead atoms. The molecule has 7 rings (SSSR count). The lowest BCUT2D eigenvalue weighted by molar-refractivity contribution is 0.437. The monoisotopic (exact) mass is 762 g/mol. The van der Waals surface area contributed by atoms with Crippen LogP contribution in [0.4, 0.5) is 17.6 Å². The van der Waals surface area contributed by atoms with E-state index >= 15 is 0 Å². The molecule has 0 aliphatic rings. The fraction of sp³-hybridized carbons (Fsp3) is 0. The third-order valence-corrected chi connectivity index (χ3v) is 7.78.